The van der Waals surface area contributed by atoms with E-state index in [0.29, 0.717) is 6.42 Å². The molecule has 0 bridgehead atoms. The number of rotatable bonds is 2. The lowest BCUT2D eigenvalue weighted by molar-refractivity contribution is -0.00128. The van der Waals surface area contributed by atoms with Crippen LogP contribution in [0.3, 0.4) is 0 Å². The Kier molecular flexibility index (Phi) is 2.30. The number of hydrogen-bond acceptors (Lipinski definition) is 0. The van der Waals surface area contributed by atoms with Crippen LogP contribution in [0.1, 0.15) is 30.9 Å². The summed E-state index contributed by atoms with van der Waals surface area (Å²) in [6.45, 7) is 2.07. The average Bonchev–Trinajstić information content (AvgIpc) is 2.62. The smallest absolute Gasteiger partial charge is 0.155 e. The molecule has 1 nitrogen and oxygen atoms in total. The SMILES string of the molecule is CCCC1([O])c2ccccc2-c2ccccc21. The van der Waals surface area contributed by atoms with Gasteiger partial charge in [-0.3, -0.25) is 0 Å². The third-order valence-electron chi connectivity index (χ3n) is 3.62. The quantitative estimate of drug-likeness (QED) is 0.729. The maximum Gasteiger partial charge on any atom is 0.155 e. The predicted molar refractivity (Wildman–Crippen MR) is 68.3 cm³/mol. The number of hydrogen-bond donors (Lipinski definition) is 0. The lowest BCUT2D eigenvalue weighted by atomic mass is 9.87. The van der Waals surface area contributed by atoms with Gasteiger partial charge in [0.15, 0.2) is 5.60 Å². The highest BCUT2D eigenvalue weighted by molar-refractivity contribution is 5.79. The van der Waals surface area contributed by atoms with Gasteiger partial charge < -0.3 is 0 Å². The molecule has 1 aliphatic carbocycles. The minimum absolute atomic E-state index is 0.668. The largest absolute Gasteiger partial charge is 0.219 e. The standard InChI is InChI=1S/C16H15O/c1-2-11-16(17)14-9-5-3-7-12(14)13-8-4-6-10-15(13)16/h3-10H,2,11H2,1H3. The molecule has 2 aromatic carbocycles. The predicted octanol–water partition coefficient (Wildman–Crippen LogP) is 4.14. The second-order valence-corrected chi connectivity index (χ2v) is 4.67. The summed E-state index contributed by atoms with van der Waals surface area (Å²) in [7, 11) is 0. The van der Waals surface area contributed by atoms with Crippen LogP contribution in [-0.2, 0) is 10.7 Å². The molecule has 0 unspecified atom stereocenters. The van der Waals surface area contributed by atoms with Crippen molar-refractivity contribution in [2.45, 2.75) is 25.4 Å². The van der Waals surface area contributed by atoms with Crippen molar-refractivity contribution in [3.63, 3.8) is 0 Å². The number of benzene rings is 2. The molecule has 1 heteroatoms. The average molecular weight is 223 g/mol. The second-order valence-electron chi connectivity index (χ2n) is 4.67. The first-order chi connectivity index (χ1) is 8.27. The van der Waals surface area contributed by atoms with Gasteiger partial charge in [-0.25, -0.2) is 5.11 Å². The highest BCUT2D eigenvalue weighted by Crippen LogP contribution is 2.49. The maximum absolute atomic E-state index is 13.1. The van der Waals surface area contributed by atoms with Crippen LogP contribution in [0.4, 0.5) is 0 Å². The van der Waals surface area contributed by atoms with E-state index in [4.69, 9.17) is 0 Å². The van der Waals surface area contributed by atoms with Crippen LogP contribution in [0.5, 0.6) is 0 Å². The minimum atomic E-state index is -1.04. The molecular weight excluding hydrogens is 208 g/mol. The Labute approximate surface area is 102 Å². The molecule has 0 spiro atoms. The summed E-state index contributed by atoms with van der Waals surface area (Å²) in [4.78, 5) is 0. The van der Waals surface area contributed by atoms with Gasteiger partial charge in [-0.2, -0.15) is 0 Å². The van der Waals surface area contributed by atoms with Crippen molar-refractivity contribution < 1.29 is 5.11 Å². The van der Waals surface area contributed by atoms with Gasteiger partial charge in [-0.05, 0) is 28.7 Å². The minimum Gasteiger partial charge on any atom is -0.219 e. The van der Waals surface area contributed by atoms with Crippen molar-refractivity contribution in [3.05, 3.63) is 59.7 Å². The Balaban J connectivity index is 2.31. The Hall–Kier alpha value is -1.60. The van der Waals surface area contributed by atoms with Crippen LogP contribution in [0.2, 0.25) is 0 Å². The maximum atomic E-state index is 13.1. The van der Waals surface area contributed by atoms with E-state index in [1.165, 1.54) is 0 Å². The van der Waals surface area contributed by atoms with E-state index in [1.807, 2.05) is 36.4 Å². The van der Waals surface area contributed by atoms with E-state index in [2.05, 4.69) is 19.1 Å². The molecule has 85 valence electrons. The Morgan fingerprint density at radius 1 is 0.882 bits per heavy atom. The molecule has 0 N–H and O–H groups in total. The summed E-state index contributed by atoms with van der Waals surface area (Å²) < 4.78 is 0. The monoisotopic (exact) mass is 223 g/mol. The van der Waals surface area contributed by atoms with Crippen LogP contribution in [0.25, 0.3) is 11.1 Å². The normalized spacial score (nSPS) is 15.4. The molecule has 0 aromatic heterocycles. The van der Waals surface area contributed by atoms with Crippen molar-refractivity contribution in [1.29, 1.82) is 0 Å². The van der Waals surface area contributed by atoms with Crippen molar-refractivity contribution in [2.24, 2.45) is 0 Å². The molecule has 0 fully saturated rings. The zero-order chi connectivity index (χ0) is 11.9. The first kappa shape index (κ1) is 10.5. The van der Waals surface area contributed by atoms with E-state index in [-0.39, 0.29) is 0 Å². The first-order valence-corrected chi connectivity index (χ1v) is 6.17. The van der Waals surface area contributed by atoms with Crippen molar-refractivity contribution in [3.8, 4) is 11.1 Å². The Bertz CT molecular complexity index is 511. The summed E-state index contributed by atoms with van der Waals surface area (Å²) in [6.07, 6.45) is 1.58. The van der Waals surface area contributed by atoms with Crippen molar-refractivity contribution >= 4 is 0 Å². The molecule has 1 radical (unpaired) electrons. The van der Waals surface area contributed by atoms with E-state index in [0.717, 1.165) is 28.7 Å². The molecule has 1 aliphatic rings. The highest BCUT2D eigenvalue weighted by atomic mass is 16.3. The molecule has 0 amide bonds. The van der Waals surface area contributed by atoms with Crippen LogP contribution in [0.15, 0.2) is 48.5 Å². The van der Waals surface area contributed by atoms with E-state index >= 15 is 0 Å². The first-order valence-electron chi connectivity index (χ1n) is 6.17. The molecule has 0 saturated carbocycles. The molecule has 17 heavy (non-hydrogen) atoms. The molecule has 0 heterocycles. The summed E-state index contributed by atoms with van der Waals surface area (Å²) >= 11 is 0. The summed E-state index contributed by atoms with van der Waals surface area (Å²) in [5.74, 6) is 0. The van der Waals surface area contributed by atoms with E-state index in [1.54, 1.807) is 0 Å². The van der Waals surface area contributed by atoms with Gasteiger partial charge in [-0.1, -0.05) is 61.9 Å². The van der Waals surface area contributed by atoms with Gasteiger partial charge in [0.1, 0.15) is 0 Å². The molecule has 0 saturated heterocycles. The van der Waals surface area contributed by atoms with Crippen LogP contribution in [0, 0.1) is 0 Å². The van der Waals surface area contributed by atoms with Gasteiger partial charge >= 0.3 is 0 Å². The van der Waals surface area contributed by atoms with Crippen molar-refractivity contribution in [2.75, 3.05) is 0 Å². The van der Waals surface area contributed by atoms with Gasteiger partial charge in [0, 0.05) is 0 Å². The van der Waals surface area contributed by atoms with Crippen molar-refractivity contribution in [1.82, 2.24) is 0 Å². The van der Waals surface area contributed by atoms with Crippen LogP contribution < -0.4 is 0 Å². The lowest BCUT2D eigenvalue weighted by Crippen LogP contribution is -2.22. The molecular formula is C16H15O. The highest BCUT2D eigenvalue weighted by Gasteiger charge is 2.42. The molecule has 0 aliphatic heterocycles. The molecule has 3 rings (SSSR count). The van der Waals surface area contributed by atoms with E-state index in [9.17, 15) is 5.11 Å². The third kappa shape index (κ3) is 1.36. The summed E-state index contributed by atoms with van der Waals surface area (Å²) in [5, 5.41) is 13.1. The zero-order valence-corrected chi connectivity index (χ0v) is 9.94. The number of fused-ring (bicyclic) bond motifs is 3. The Morgan fingerprint density at radius 2 is 1.35 bits per heavy atom. The van der Waals surface area contributed by atoms with Gasteiger partial charge in [0.25, 0.3) is 0 Å². The zero-order valence-electron chi connectivity index (χ0n) is 9.94. The second kappa shape index (κ2) is 3.71. The molecule has 2 aromatic rings. The van der Waals surface area contributed by atoms with Gasteiger partial charge in [0.2, 0.25) is 0 Å². The van der Waals surface area contributed by atoms with E-state index < -0.39 is 5.60 Å². The molecule has 0 atom stereocenters. The third-order valence-corrected chi connectivity index (χ3v) is 3.62. The summed E-state index contributed by atoms with van der Waals surface area (Å²) in [5.41, 5.74) is 3.09. The fourth-order valence-corrected chi connectivity index (χ4v) is 2.91. The van der Waals surface area contributed by atoms with Crippen LogP contribution >= 0.6 is 0 Å². The topological polar surface area (TPSA) is 19.9 Å². The Morgan fingerprint density at radius 3 is 1.82 bits per heavy atom. The fourth-order valence-electron chi connectivity index (χ4n) is 2.91. The lowest BCUT2D eigenvalue weighted by Gasteiger charge is -2.22. The van der Waals surface area contributed by atoms with Crippen LogP contribution in [-0.4, -0.2) is 0 Å². The van der Waals surface area contributed by atoms with Gasteiger partial charge in [-0.15, -0.1) is 0 Å². The summed E-state index contributed by atoms with van der Waals surface area (Å²) in [6, 6.07) is 16.0. The van der Waals surface area contributed by atoms with Gasteiger partial charge in [0.05, 0.1) is 0 Å². The fraction of sp³-hybridized carbons (Fsp3) is 0.250.